The number of carbonyl (C=O) groups excluding carboxylic acids is 1. The summed E-state index contributed by atoms with van der Waals surface area (Å²) in [6.07, 6.45) is 4.52. The summed E-state index contributed by atoms with van der Waals surface area (Å²) in [4.78, 5) is 22.0. The third-order valence-electron chi connectivity index (χ3n) is 2.95. The summed E-state index contributed by atoms with van der Waals surface area (Å²) in [6, 6.07) is 6.07. The highest BCUT2D eigenvalue weighted by molar-refractivity contribution is 9.10. The minimum absolute atomic E-state index is 0.0126. The van der Waals surface area contributed by atoms with Crippen molar-refractivity contribution in [3.05, 3.63) is 62.4 Å². The van der Waals surface area contributed by atoms with Crippen LogP contribution in [0.3, 0.4) is 0 Å². The van der Waals surface area contributed by atoms with Crippen LogP contribution in [0.1, 0.15) is 11.3 Å². The number of benzene rings is 1. The van der Waals surface area contributed by atoms with Gasteiger partial charge in [0.1, 0.15) is 0 Å². The molecule has 7 nitrogen and oxygen atoms in total. The molecule has 0 spiro atoms. The first kappa shape index (κ1) is 15.9. The summed E-state index contributed by atoms with van der Waals surface area (Å²) in [5, 5.41) is 17.5. The zero-order chi connectivity index (χ0) is 16.1. The maximum atomic E-state index is 11.8. The number of nitrogens with zero attached hydrogens (tertiary/aromatic N) is 3. The highest BCUT2D eigenvalue weighted by atomic mass is 79.9. The van der Waals surface area contributed by atoms with Gasteiger partial charge in [-0.1, -0.05) is 12.1 Å². The van der Waals surface area contributed by atoms with E-state index < -0.39 is 4.92 Å². The molecule has 0 radical (unpaired) electrons. The summed E-state index contributed by atoms with van der Waals surface area (Å²) in [6.45, 7) is 0.329. The first-order valence-electron chi connectivity index (χ1n) is 6.34. The molecule has 2 aromatic rings. The number of hydrogen-bond acceptors (Lipinski definition) is 4. The lowest BCUT2D eigenvalue weighted by molar-refractivity contribution is -0.384. The molecule has 0 unspecified atom stereocenters. The standard InChI is InChI=1S/C14H13BrN4O3/c1-18-13(12(15)8-17-18)9-16-14(20)6-5-10-3-2-4-11(7-10)19(21)22/h2-8H,9H2,1H3,(H,16,20)/b6-5+. The largest absolute Gasteiger partial charge is 0.347 e. The van der Waals surface area contributed by atoms with Gasteiger partial charge in [-0.3, -0.25) is 19.6 Å². The lowest BCUT2D eigenvalue weighted by Crippen LogP contribution is -2.22. The van der Waals surface area contributed by atoms with Crippen LogP contribution in [0.4, 0.5) is 5.69 Å². The van der Waals surface area contributed by atoms with Crippen molar-refractivity contribution >= 4 is 33.6 Å². The Morgan fingerprint density at radius 2 is 2.32 bits per heavy atom. The van der Waals surface area contributed by atoms with Gasteiger partial charge in [0.2, 0.25) is 5.91 Å². The van der Waals surface area contributed by atoms with Gasteiger partial charge in [-0.25, -0.2) is 0 Å². The third kappa shape index (κ3) is 4.01. The molecule has 1 amide bonds. The molecular formula is C14H13BrN4O3. The average molecular weight is 365 g/mol. The molecule has 114 valence electrons. The second-order valence-corrected chi connectivity index (χ2v) is 5.32. The number of aryl methyl sites for hydroxylation is 1. The Labute approximate surface area is 134 Å². The third-order valence-corrected chi connectivity index (χ3v) is 3.61. The van der Waals surface area contributed by atoms with Crippen LogP contribution in [0, 0.1) is 10.1 Å². The molecule has 0 saturated heterocycles. The predicted molar refractivity (Wildman–Crippen MR) is 84.9 cm³/mol. The fourth-order valence-corrected chi connectivity index (χ4v) is 2.27. The number of carbonyl (C=O) groups is 1. The molecule has 0 atom stereocenters. The smallest absolute Gasteiger partial charge is 0.270 e. The molecule has 0 fully saturated rings. The van der Waals surface area contributed by atoms with Gasteiger partial charge < -0.3 is 5.32 Å². The van der Waals surface area contributed by atoms with E-state index in [1.165, 1.54) is 24.3 Å². The van der Waals surface area contributed by atoms with Gasteiger partial charge in [-0.05, 0) is 27.6 Å². The van der Waals surface area contributed by atoms with E-state index in [0.29, 0.717) is 12.1 Å². The van der Waals surface area contributed by atoms with Crippen LogP contribution in [0.25, 0.3) is 6.08 Å². The maximum absolute atomic E-state index is 11.8. The number of aromatic nitrogens is 2. The number of nitrogens with one attached hydrogen (secondary N) is 1. The molecule has 1 aromatic carbocycles. The predicted octanol–water partition coefficient (Wildman–Crippen LogP) is 2.42. The molecule has 1 heterocycles. The first-order valence-corrected chi connectivity index (χ1v) is 7.13. The molecular weight excluding hydrogens is 352 g/mol. The van der Waals surface area contributed by atoms with Crippen molar-refractivity contribution < 1.29 is 9.72 Å². The molecule has 0 aliphatic carbocycles. The topological polar surface area (TPSA) is 90.1 Å². The van der Waals surface area contributed by atoms with Crippen molar-refractivity contribution in [2.45, 2.75) is 6.54 Å². The second kappa shape index (κ2) is 6.99. The lowest BCUT2D eigenvalue weighted by atomic mass is 10.2. The van der Waals surface area contributed by atoms with Crippen LogP contribution < -0.4 is 5.32 Å². The zero-order valence-electron chi connectivity index (χ0n) is 11.7. The van der Waals surface area contributed by atoms with Crippen LogP contribution in [-0.2, 0) is 18.4 Å². The molecule has 1 N–H and O–H groups in total. The molecule has 1 aromatic heterocycles. The van der Waals surface area contributed by atoms with E-state index in [4.69, 9.17) is 0 Å². The monoisotopic (exact) mass is 364 g/mol. The molecule has 22 heavy (non-hydrogen) atoms. The van der Waals surface area contributed by atoms with E-state index >= 15 is 0 Å². The number of halogens is 1. The number of amides is 1. The fourth-order valence-electron chi connectivity index (χ4n) is 1.78. The van der Waals surface area contributed by atoms with Gasteiger partial charge in [0.05, 0.1) is 27.8 Å². The number of non-ortho nitro benzene ring substituents is 1. The van der Waals surface area contributed by atoms with Crippen LogP contribution in [-0.4, -0.2) is 20.6 Å². The van der Waals surface area contributed by atoms with Crippen LogP contribution in [0.5, 0.6) is 0 Å². The summed E-state index contributed by atoms with van der Waals surface area (Å²) in [7, 11) is 1.78. The minimum Gasteiger partial charge on any atom is -0.347 e. The van der Waals surface area contributed by atoms with Gasteiger partial charge in [-0.2, -0.15) is 5.10 Å². The molecule has 2 rings (SSSR count). The van der Waals surface area contributed by atoms with Gasteiger partial charge in [0.25, 0.3) is 5.69 Å². The van der Waals surface area contributed by atoms with E-state index in [9.17, 15) is 14.9 Å². The quantitative estimate of drug-likeness (QED) is 0.501. The second-order valence-electron chi connectivity index (χ2n) is 4.47. The van der Waals surface area contributed by atoms with E-state index in [2.05, 4.69) is 26.3 Å². The molecule has 0 saturated carbocycles. The van der Waals surface area contributed by atoms with Crippen molar-refractivity contribution in [1.82, 2.24) is 15.1 Å². The van der Waals surface area contributed by atoms with Crippen molar-refractivity contribution in [3.63, 3.8) is 0 Å². The Balaban J connectivity index is 1.97. The number of nitro benzene ring substituents is 1. The Bertz CT molecular complexity index is 720. The fraction of sp³-hybridized carbons (Fsp3) is 0.143. The normalized spacial score (nSPS) is 10.8. The Morgan fingerprint density at radius 3 is 2.95 bits per heavy atom. The average Bonchev–Trinajstić information content (AvgIpc) is 2.82. The van der Waals surface area contributed by atoms with Crippen LogP contribution in [0.15, 0.2) is 41.0 Å². The minimum atomic E-state index is -0.475. The Morgan fingerprint density at radius 1 is 1.55 bits per heavy atom. The van der Waals surface area contributed by atoms with E-state index in [0.717, 1.165) is 10.2 Å². The Kier molecular flexibility index (Phi) is 5.05. The SMILES string of the molecule is Cn1ncc(Br)c1CNC(=O)/C=C/c1cccc([N+](=O)[O-])c1. The zero-order valence-corrected chi connectivity index (χ0v) is 13.3. The van der Waals surface area contributed by atoms with Crippen molar-refractivity contribution in [3.8, 4) is 0 Å². The van der Waals surface area contributed by atoms with Crippen LogP contribution >= 0.6 is 15.9 Å². The summed E-state index contributed by atoms with van der Waals surface area (Å²) in [5.74, 6) is -0.292. The summed E-state index contributed by atoms with van der Waals surface area (Å²) < 4.78 is 2.48. The van der Waals surface area contributed by atoms with Gasteiger partial charge in [0.15, 0.2) is 0 Å². The lowest BCUT2D eigenvalue weighted by Gasteiger charge is -2.03. The molecule has 8 heteroatoms. The van der Waals surface area contributed by atoms with Gasteiger partial charge in [-0.15, -0.1) is 0 Å². The number of nitro groups is 1. The van der Waals surface area contributed by atoms with E-state index in [1.807, 2.05) is 0 Å². The van der Waals surface area contributed by atoms with Crippen molar-refractivity contribution in [2.75, 3.05) is 0 Å². The number of rotatable bonds is 5. The van der Waals surface area contributed by atoms with E-state index in [1.54, 1.807) is 30.1 Å². The molecule has 0 aliphatic heterocycles. The van der Waals surface area contributed by atoms with E-state index in [-0.39, 0.29) is 11.6 Å². The highest BCUT2D eigenvalue weighted by Crippen LogP contribution is 2.15. The highest BCUT2D eigenvalue weighted by Gasteiger charge is 2.07. The summed E-state index contributed by atoms with van der Waals surface area (Å²) >= 11 is 3.35. The molecule has 0 aliphatic rings. The van der Waals surface area contributed by atoms with Crippen molar-refractivity contribution in [1.29, 1.82) is 0 Å². The maximum Gasteiger partial charge on any atom is 0.270 e. The van der Waals surface area contributed by atoms with Gasteiger partial charge in [0, 0.05) is 25.3 Å². The summed E-state index contributed by atoms with van der Waals surface area (Å²) in [5.41, 5.74) is 1.42. The number of hydrogen-bond donors (Lipinski definition) is 1. The molecule has 0 bridgehead atoms. The first-order chi connectivity index (χ1) is 10.5. The van der Waals surface area contributed by atoms with Crippen LogP contribution in [0.2, 0.25) is 0 Å². The van der Waals surface area contributed by atoms with Gasteiger partial charge >= 0.3 is 0 Å². The van der Waals surface area contributed by atoms with Crippen molar-refractivity contribution in [2.24, 2.45) is 7.05 Å². The Hall–Kier alpha value is -2.48.